The van der Waals surface area contributed by atoms with Crippen LogP contribution in [0.4, 0.5) is 19.3 Å². The third-order valence-corrected chi connectivity index (χ3v) is 3.65. The van der Waals surface area contributed by atoms with E-state index in [1.165, 1.54) is 37.4 Å². The summed E-state index contributed by atoms with van der Waals surface area (Å²) in [5.74, 6) is -1.07. The van der Waals surface area contributed by atoms with Crippen molar-refractivity contribution in [3.8, 4) is 5.75 Å². The first-order valence-corrected chi connectivity index (χ1v) is 8.41. The van der Waals surface area contributed by atoms with Crippen molar-refractivity contribution in [1.29, 1.82) is 0 Å². The molecule has 10 heteroatoms. The summed E-state index contributed by atoms with van der Waals surface area (Å²) in [7, 11) is 1.21. The molecule has 0 saturated carbocycles. The molecular formula is C19H19F2N3O5. The largest absolute Gasteiger partial charge is 0.468 e. The van der Waals surface area contributed by atoms with Gasteiger partial charge in [0.25, 0.3) is 5.91 Å². The Morgan fingerprint density at radius 3 is 2.34 bits per heavy atom. The van der Waals surface area contributed by atoms with Gasteiger partial charge in [-0.1, -0.05) is 18.2 Å². The zero-order valence-corrected chi connectivity index (χ0v) is 15.4. The first kappa shape index (κ1) is 21.6. The Bertz CT molecular complexity index is 859. The number of hydrogen-bond donors (Lipinski definition) is 3. The third-order valence-electron chi connectivity index (χ3n) is 3.65. The highest BCUT2D eigenvalue weighted by atomic mass is 19.3. The number of methoxy groups -OCH3 is 1. The molecule has 0 spiro atoms. The van der Waals surface area contributed by atoms with Crippen molar-refractivity contribution in [2.24, 2.45) is 0 Å². The minimum absolute atomic E-state index is 0.0230. The van der Waals surface area contributed by atoms with Gasteiger partial charge >= 0.3 is 18.6 Å². The number of urea groups is 1. The van der Waals surface area contributed by atoms with Gasteiger partial charge in [0, 0.05) is 23.4 Å². The molecule has 154 valence electrons. The van der Waals surface area contributed by atoms with Crippen LogP contribution in [0.2, 0.25) is 0 Å². The summed E-state index contributed by atoms with van der Waals surface area (Å²) >= 11 is 0. The van der Waals surface area contributed by atoms with Gasteiger partial charge in [0.15, 0.2) is 0 Å². The van der Waals surface area contributed by atoms with E-state index in [1.807, 2.05) is 0 Å². The lowest BCUT2D eigenvalue weighted by Crippen LogP contribution is -2.30. The van der Waals surface area contributed by atoms with Crippen molar-refractivity contribution in [2.75, 3.05) is 19.0 Å². The normalized spacial score (nSPS) is 10.2. The van der Waals surface area contributed by atoms with Crippen LogP contribution >= 0.6 is 0 Å². The van der Waals surface area contributed by atoms with E-state index in [-0.39, 0.29) is 24.4 Å². The fraction of sp³-hybridized carbons (Fsp3) is 0.211. The van der Waals surface area contributed by atoms with Crippen LogP contribution in [0.1, 0.15) is 15.9 Å². The van der Waals surface area contributed by atoms with E-state index in [0.717, 1.165) is 0 Å². The minimum Gasteiger partial charge on any atom is -0.468 e. The summed E-state index contributed by atoms with van der Waals surface area (Å²) in [5, 5.41) is 7.47. The minimum atomic E-state index is -2.96. The van der Waals surface area contributed by atoms with E-state index in [2.05, 4.69) is 25.4 Å². The summed E-state index contributed by atoms with van der Waals surface area (Å²) in [4.78, 5) is 34.9. The van der Waals surface area contributed by atoms with Gasteiger partial charge in [-0.2, -0.15) is 8.78 Å². The number of amides is 3. The Morgan fingerprint density at radius 1 is 1.00 bits per heavy atom. The molecule has 3 N–H and O–H groups in total. The van der Waals surface area contributed by atoms with E-state index in [4.69, 9.17) is 0 Å². The second-order valence-electron chi connectivity index (χ2n) is 5.63. The van der Waals surface area contributed by atoms with Crippen LogP contribution in [0.5, 0.6) is 5.75 Å². The fourth-order valence-corrected chi connectivity index (χ4v) is 2.24. The van der Waals surface area contributed by atoms with Crippen molar-refractivity contribution < 1.29 is 32.6 Å². The monoisotopic (exact) mass is 407 g/mol. The third kappa shape index (κ3) is 7.09. The van der Waals surface area contributed by atoms with Crippen LogP contribution in [-0.2, 0) is 16.1 Å². The maximum absolute atomic E-state index is 12.4. The number of benzene rings is 2. The molecule has 0 aliphatic heterocycles. The molecule has 2 rings (SSSR count). The highest BCUT2D eigenvalue weighted by Crippen LogP contribution is 2.20. The number of nitrogens with one attached hydrogen (secondary N) is 3. The molecule has 0 fully saturated rings. The lowest BCUT2D eigenvalue weighted by molar-refractivity contribution is -0.139. The van der Waals surface area contributed by atoms with Crippen molar-refractivity contribution in [3.05, 3.63) is 59.7 Å². The summed E-state index contributed by atoms with van der Waals surface area (Å²) in [6.45, 7) is -3.25. The van der Waals surface area contributed by atoms with Crippen molar-refractivity contribution >= 4 is 23.6 Å². The van der Waals surface area contributed by atoms with Crippen LogP contribution in [0.25, 0.3) is 0 Å². The molecule has 0 saturated heterocycles. The Morgan fingerprint density at radius 2 is 1.69 bits per heavy atom. The number of halogens is 2. The number of anilines is 1. The number of hydrogen-bond acceptors (Lipinski definition) is 5. The quantitative estimate of drug-likeness (QED) is 0.583. The molecule has 0 bridgehead atoms. The predicted molar refractivity (Wildman–Crippen MR) is 99.7 cm³/mol. The Labute approximate surface area is 165 Å². The van der Waals surface area contributed by atoms with Crippen molar-refractivity contribution in [1.82, 2.24) is 10.6 Å². The topological polar surface area (TPSA) is 106 Å². The number of carbonyl (C=O) groups excluding carboxylic acids is 3. The van der Waals surface area contributed by atoms with E-state index in [0.29, 0.717) is 11.3 Å². The second-order valence-corrected chi connectivity index (χ2v) is 5.63. The van der Waals surface area contributed by atoms with E-state index in [1.54, 1.807) is 18.2 Å². The number of carbonyl (C=O) groups is 3. The summed E-state index contributed by atoms with van der Waals surface area (Å²) < 4.78 is 33.6. The molecule has 0 aliphatic carbocycles. The van der Waals surface area contributed by atoms with Gasteiger partial charge in [0.2, 0.25) is 0 Å². The Hall–Kier alpha value is -3.69. The van der Waals surface area contributed by atoms with Crippen molar-refractivity contribution in [2.45, 2.75) is 13.2 Å². The first-order chi connectivity index (χ1) is 13.9. The van der Waals surface area contributed by atoms with Gasteiger partial charge in [0.1, 0.15) is 12.3 Å². The molecule has 0 radical (unpaired) electrons. The van der Waals surface area contributed by atoms with Crippen molar-refractivity contribution in [3.63, 3.8) is 0 Å². The summed E-state index contributed by atoms with van der Waals surface area (Å²) in [5.41, 5.74) is 1.09. The van der Waals surface area contributed by atoms with Gasteiger partial charge in [0.05, 0.1) is 7.11 Å². The van der Waals surface area contributed by atoms with Crippen LogP contribution in [0.15, 0.2) is 48.5 Å². The zero-order valence-electron chi connectivity index (χ0n) is 15.4. The lowest BCUT2D eigenvalue weighted by Gasteiger charge is -2.12. The number of ether oxygens (including phenoxy) is 2. The molecule has 0 unspecified atom stereocenters. The molecule has 0 aliphatic rings. The summed E-state index contributed by atoms with van der Waals surface area (Å²) in [6, 6.07) is 11.5. The molecule has 0 atom stereocenters. The highest BCUT2D eigenvalue weighted by Gasteiger charge is 2.11. The van der Waals surface area contributed by atoms with E-state index < -0.39 is 24.5 Å². The Kier molecular flexibility index (Phi) is 7.89. The molecule has 3 amide bonds. The van der Waals surface area contributed by atoms with Crippen LogP contribution in [0, 0.1) is 0 Å². The molecule has 29 heavy (non-hydrogen) atoms. The van der Waals surface area contributed by atoms with E-state index >= 15 is 0 Å². The first-order valence-electron chi connectivity index (χ1n) is 8.41. The number of para-hydroxylation sites is 1. The van der Waals surface area contributed by atoms with Gasteiger partial charge in [-0.05, 0) is 30.3 Å². The number of esters is 1. The molecule has 2 aromatic rings. The fourth-order valence-electron chi connectivity index (χ4n) is 2.24. The highest BCUT2D eigenvalue weighted by molar-refractivity contribution is 5.97. The second kappa shape index (κ2) is 10.6. The predicted octanol–water partition coefficient (Wildman–Crippen LogP) is 2.51. The van der Waals surface area contributed by atoms with Crippen LogP contribution in [-0.4, -0.2) is 38.2 Å². The summed E-state index contributed by atoms with van der Waals surface area (Å²) in [6.07, 6.45) is 0. The molecular weight excluding hydrogens is 388 g/mol. The van der Waals surface area contributed by atoms with Crippen LogP contribution in [0.3, 0.4) is 0 Å². The number of alkyl halides is 2. The number of rotatable bonds is 8. The van der Waals surface area contributed by atoms with Gasteiger partial charge in [-0.25, -0.2) is 4.79 Å². The smallest absolute Gasteiger partial charge is 0.387 e. The Balaban J connectivity index is 1.87. The van der Waals surface area contributed by atoms with Gasteiger partial charge < -0.3 is 25.4 Å². The van der Waals surface area contributed by atoms with Gasteiger partial charge in [-0.15, -0.1) is 0 Å². The maximum atomic E-state index is 12.4. The SMILES string of the molecule is COC(=O)CNC(=O)c1ccc(NC(=O)NCc2ccccc2OC(F)F)cc1. The van der Waals surface area contributed by atoms with Gasteiger partial charge in [-0.3, -0.25) is 9.59 Å². The van der Waals surface area contributed by atoms with E-state index in [9.17, 15) is 23.2 Å². The lowest BCUT2D eigenvalue weighted by atomic mass is 10.2. The zero-order chi connectivity index (χ0) is 21.2. The molecule has 0 aromatic heterocycles. The maximum Gasteiger partial charge on any atom is 0.387 e. The molecule has 0 heterocycles. The average molecular weight is 407 g/mol. The molecule has 2 aromatic carbocycles. The molecule has 8 nitrogen and oxygen atoms in total. The standard InChI is InChI=1S/C19H19F2N3O5/c1-28-16(25)11-22-17(26)12-6-8-14(9-7-12)24-19(27)23-10-13-4-2-3-5-15(13)29-18(20)21/h2-9,18H,10-11H2,1H3,(H,22,26)(H2,23,24,27). The van der Waals surface area contributed by atoms with Crippen LogP contribution < -0.4 is 20.7 Å². The average Bonchev–Trinajstić information content (AvgIpc) is 2.71.